The van der Waals surface area contributed by atoms with E-state index in [1.165, 1.54) is 6.42 Å². The van der Waals surface area contributed by atoms with Crippen LogP contribution in [0.2, 0.25) is 0 Å². The second-order valence-electron chi connectivity index (χ2n) is 4.35. The van der Waals surface area contributed by atoms with Gasteiger partial charge in [-0.15, -0.1) is 0 Å². The van der Waals surface area contributed by atoms with Crippen LogP contribution in [-0.4, -0.2) is 16.8 Å². The Morgan fingerprint density at radius 1 is 1.31 bits per heavy atom. The summed E-state index contributed by atoms with van der Waals surface area (Å²) in [6, 6.07) is 0. The van der Waals surface area contributed by atoms with Crippen molar-refractivity contribution in [3.8, 4) is 0 Å². The molecule has 2 nitrogen and oxygen atoms in total. The number of hydrogen-bond acceptors (Lipinski definition) is 2. The Kier molecular flexibility index (Phi) is 2.33. The fraction of sp³-hybridized carbons (Fsp3) is 0.818. The molecule has 1 atom stereocenters. The van der Waals surface area contributed by atoms with Gasteiger partial charge in [-0.3, -0.25) is 0 Å². The molecule has 2 heteroatoms. The molecule has 0 amide bonds. The molecule has 2 aliphatic rings. The van der Waals surface area contributed by atoms with Gasteiger partial charge in [0.05, 0.1) is 5.76 Å². The summed E-state index contributed by atoms with van der Waals surface area (Å²) >= 11 is 0. The number of rotatable bonds is 1. The maximum absolute atomic E-state index is 10.3. The first-order valence-electron chi connectivity index (χ1n) is 5.27. The van der Waals surface area contributed by atoms with Crippen LogP contribution < -0.4 is 0 Å². The Labute approximate surface area is 79.6 Å². The van der Waals surface area contributed by atoms with Crippen LogP contribution in [0, 0.1) is 0 Å². The number of aliphatic hydroxyl groups is 1. The van der Waals surface area contributed by atoms with E-state index in [-0.39, 0.29) is 6.10 Å². The van der Waals surface area contributed by atoms with Gasteiger partial charge in [0.2, 0.25) is 0 Å². The molecule has 1 saturated heterocycles. The Morgan fingerprint density at radius 2 is 2.00 bits per heavy atom. The van der Waals surface area contributed by atoms with E-state index in [1.54, 1.807) is 0 Å². The van der Waals surface area contributed by atoms with Crippen LogP contribution in [0.3, 0.4) is 0 Å². The van der Waals surface area contributed by atoms with E-state index in [1.807, 2.05) is 0 Å². The highest BCUT2D eigenvalue weighted by Gasteiger charge is 2.41. The molecule has 2 fully saturated rings. The van der Waals surface area contributed by atoms with Gasteiger partial charge in [0.1, 0.15) is 11.7 Å². The highest BCUT2D eigenvalue weighted by Crippen LogP contribution is 2.38. The molecule has 1 aliphatic heterocycles. The van der Waals surface area contributed by atoms with Gasteiger partial charge in [-0.25, -0.2) is 0 Å². The zero-order valence-corrected chi connectivity index (χ0v) is 8.09. The minimum absolute atomic E-state index is 0.0281. The minimum atomic E-state index is -0.544. The molecule has 0 aromatic carbocycles. The first kappa shape index (κ1) is 9.07. The van der Waals surface area contributed by atoms with Crippen LogP contribution in [0.25, 0.3) is 0 Å². The zero-order valence-electron chi connectivity index (χ0n) is 8.09. The highest BCUT2D eigenvalue weighted by atomic mass is 16.5. The lowest BCUT2D eigenvalue weighted by molar-refractivity contribution is -0.0931. The van der Waals surface area contributed by atoms with E-state index in [4.69, 9.17) is 4.74 Å². The maximum atomic E-state index is 10.3. The van der Waals surface area contributed by atoms with E-state index >= 15 is 0 Å². The molecule has 0 bridgehead atoms. The third-order valence-electron chi connectivity index (χ3n) is 3.31. The standard InChI is InChI=1S/C11H18O2/c1-9-5-6-10(13-9)11(12)7-3-2-4-8-11/h10,12H,1-8H2. The van der Waals surface area contributed by atoms with Crippen molar-refractivity contribution in [3.63, 3.8) is 0 Å². The maximum Gasteiger partial charge on any atom is 0.127 e. The monoisotopic (exact) mass is 182 g/mol. The molecule has 74 valence electrons. The van der Waals surface area contributed by atoms with Gasteiger partial charge in [0.25, 0.3) is 0 Å². The summed E-state index contributed by atoms with van der Waals surface area (Å²) in [7, 11) is 0. The van der Waals surface area contributed by atoms with Gasteiger partial charge in [-0.05, 0) is 19.3 Å². The van der Waals surface area contributed by atoms with E-state index in [0.29, 0.717) is 0 Å². The van der Waals surface area contributed by atoms with Gasteiger partial charge in [0, 0.05) is 6.42 Å². The van der Waals surface area contributed by atoms with Crippen molar-refractivity contribution in [1.29, 1.82) is 0 Å². The Hall–Kier alpha value is -0.500. The second kappa shape index (κ2) is 3.33. The van der Waals surface area contributed by atoms with E-state index < -0.39 is 5.60 Å². The van der Waals surface area contributed by atoms with Gasteiger partial charge in [0.15, 0.2) is 0 Å². The van der Waals surface area contributed by atoms with Crippen LogP contribution in [0.1, 0.15) is 44.9 Å². The van der Waals surface area contributed by atoms with Crippen LogP contribution in [0.15, 0.2) is 12.3 Å². The smallest absolute Gasteiger partial charge is 0.127 e. The first-order valence-corrected chi connectivity index (χ1v) is 5.27. The summed E-state index contributed by atoms with van der Waals surface area (Å²) in [5.41, 5.74) is -0.544. The Morgan fingerprint density at radius 3 is 2.54 bits per heavy atom. The van der Waals surface area contributed by atoms with Gasteiger partial charge >= 0.3 is 0 Å². The normalized spacial score (nSPS) is 33.0. The predicted molar refractivity (Wildman–Crippen MR) is 51.3 cm³/mol. The molecule has 1 heterocycles. The van der Waals surface area contributed by atoms with E-state index in [9.17, 15) is 5.11 Å². The number of hydrogen-bond donors (Lipinski definition) is 1. The third kappa shape index (κ3) is 1.73. The van der Waals surface area contributed by atoms with Crippen molar-refractivity contribution in [3.05, 3.63) is 12.3 Å². The SMILES string of the molecule is C=C1CCC(C2(O)CCCCC2)O1. The fourth-order valence-corrected chi connectivity index (χ4v) is 2.48. The van der Waals surface area contributed by atoms with Gasteiger partial charge in [-0.1, -0.05) is 25.8 Å². The summed E-state index contributed by atoms with van der Waals surface area (Å²) in [5, 5.41) is 10.3. The summed E-state index contributed by atoms with van der Waals surface area (Å²) in [6.07, 6.45) is 7.26. The number of allylic oxidation sites excluding steroid dienone is 1. The molecule has 1 N–H and O–H groups in total. The Balaban J connectivity index is 2.01. The van der Waals surface area contributed by atoms with Crippen LogP contribution >= 0.6 is 0 Å². The van der Waals surface area contributed by atoms with Gasteiger partial charge in [-0.2, -0.15) is 0 Å². The van der Waals surface area contributed by atoms with Crippen molar-refractivity contribution < 1.29 is 9.84 Å². The predicted octanol–water partition coefficient (Wildman–Crippen LogP) is 2.37. The summed E-state index contributed by atoms with van der Waals surface area (Å²) in [6.45, 7) is 3.80. The summed E-state index contributed by atoms with van der Waals surface area (Å²) < 4.78 is 5.56. The van der Waals surface area contributed by atoms with E-state index in [2.05, 4.69) is 6.58 Å². The Bertz CT molecular complexity index is 204. The summed E-state index contributed by atoms with van der Waals surface area (Å²) in [4.78, 5) is 0. The van der Waals surface area contributed by atoms with Crippen molar-refractivity contribution in [2.75, 3.05) is 0 Å². The average molecular weight is 182 g/mol. The summed E-state index contributed by atoms with van der Waals surface area (Å²) in [5.74, 6) is 0.851. The van der Waals surface area contributed by atoms with Gasteiger partial charge < -0.3 is 9.84 Å². The molecule has 2 rings (SSSR count). The molecule has 13 heavy (non-hydrogen) atoms. The van der Waals surface area contributed by atoms with Crippen molar-refractivity contribution in [1.82, 2.24) is 0 Å². The molecule has 0 spiro atoms. The van der Waals surface area contributed by atoms with Crippen LogP contribution in [0.4, 0.5) is 0 Å². The molecule has 1 aliphatic carbocycles. The van der Waals surface area contributed by atoms with Crippen molar-refractivity contribution >= 4 is 0 Å². The fourth-order valence-electron chi connectivity index (χ4n) is 2.48. The lowest BCUT2D eigenvalue weighted by Crippen LogP contribution is -2.43. The van der Waals surface area contributed by atoms with Crippen LogP contribution in [-0.2, 0) is 4.74 Å². The molecule has 0 aromatic heterocycles. The minimum Gasteiger partial charge on any atom is -0.492 e. The van der Waals surface area contributed by atoms with Crippen LogP contribution in [0.5, 0.6) is 0 Å². The molecule has 0 radical (unpaired) electrons. The average Bonchev–Trinajstić information content (AvgIpc) is 2.54. The lowest BCUT2D eigenvalue weighted by atomic mass is 9.80. The largest absolute Gasteiger partial charge is 0.492 e. The molecular formula is C11H18O2. The molecule has 1 unspecified atom stereocenters. The van der Waals surface area contributed by atoms with Crippen molar-refractivity contribution in [2.24, 2.45) is 0 Å². The molecule has 0 aromatic rings. The topological polar surface area (TPSA) is 29.5 Å². The molecule has 1 saturated carbocycles. The lowest BCUT2D eigenvalue weighted by Gasteiger charge is -2.36. The second-order valence-corrected chi connectivity index (χ2v) is 4.35. The highest BCUT2D eigenvalue weighted by molar-refractivity contribution is 5.00. The zero-order chi connectivity index (χ0) is 9.31. The quantitative estimate of drug-likeness (QED) is 0.674. The number of ether oxygens (including phenoxy) is 1. The third-order valence-corrected chi connectivity index (χ3v) is 3.31. The van der Waals surface area contributed by atoms with Crippen molar-refractivity contribution in [2.45, 2.75) is 56.7 Å². The first-order chi connectivity index (χ1) is 6.21. The molecular weight excluding hydrogens is 164 g/mol. The van der Waals surface area contributed by atoms with E-state index in [0.717, 1.165) is 44.3 Å².